The summed E-state index contributed by atoms with van der Waals surface area (Å²) >= 11 is 0. The second kappa shape index (κ2) is 9.60. The molecule has 0 spiro atoms. The highest BCUT2D eigenvalue weighted by atomic mass is 16.4. The maximum atomic E-state index is 12.7. The molecule has 0 bridgehead atoms. The molecule has 3 aromatic rings. The second-order valence-corrected chi connectivity index (χ2v) is 8.14. The van der Waals surface area contributed by atoms with Gasteiger partial charge in [0.2, 0.25) is 0 Å². The van der Waals surface area contributed by atoms with Gasteiger partial charge in [-0.15, -0.1) is 0 Å². The van der Waals surface area contributed by atoms with Gasteiger partial charge in [-0.2, -0.15) is 0 Å². The Hall–Kier alpha value is -4.07. The molecule has 0 saturated carbocycles. The Kier molecular flexibility index (Phi) is 6.86. The molecule has 2 amide bonds. The lowest BCUT2D eigenvalue weighted by atomic mass is 9.94. The molecule has 1 heterocycles. The molecule has 0 fully saturated rings. The van der Waals surface area contributed by atoms with E-state index in [2.05, 4.69) is 16.7 Å². The van der Waals surface area contributed by atoms with E-state index in [1.54, 1.807) is 13.0 Å². The van der Waals surface area contributed by atoms with Crippen LogP contribution in [0.25, 0.3) is 11.1 Å². The molecule has 2 aromatic carbocycles. The van der Waals surface area contributed by atoms with Gasteiger partial charge >= 0.3 is 12.0 Å². The number of carbonyl (C=O) groups excluding carboxylic acids is 1. The van der Waals surface area contributed by atoms with Crippen LogP contribution in [0.5, 0.6) is 5.75 Å². The summed E-state index contributed by atoms with van der Waals surface area (Å²) in [5.41, 5.74) is 4.25. The second-order valence-electron chi connectivity index (χ2n) is 8.14. The maximum absolute atomic E-state index is 12.7. The number of nitrogens with one attached hydrogen (secondary N) is 2. The van der Waals surface area contributed by atoms with E-state index < -0.39 is 23.6 Å². The zero-order chi connectivity index (χ0) is 24.3. The zero-order valence-electron chi connectivity index (χ0n) is 19.0. The lowest BCUT2D eigenvalue weighted by Crippen LogP contribution is -2.36. The Bertz CT molecular complexity index is 1280. The zero-order valence-corrected chi connectivity index (χ0v) is 19.0. The number of nitrogens with zero attached hydrogens (tertiary/aromatic N) is 1. The van der Waals surface area contributed by atoms with Crippen molar-refractivity contribution >= 4 is 17.7 Å². The summed E-state index contributed by atoms with van der Waals surface area (Å²) in [6.07, 6.45) is 1.09. The monoisotopic (exact) mass is 449 g/mol. The summed E-state index contributed by atoms with van der Waals surface area (Å²) in [6, 6.07) is 11.8. The summed E-state index contributed by atoms with van der Waals surface area (Å²) in [6.45, 7) is 5.59. The summed E-state index contributed by atoms with van der Waals surface area (Å²) in [5.74, 6) is -1.42. The first-order valence-corrected chi connectivity index (χ1v) is 10.4. The van der Waals surface area contributed by atoms with Gasteiger partial charge in [-0.05, 0) is 49.1 Å². The van der Waals surface area contributed by atoms with Gasteiger partial charge < -0.3 is 25.4 Å². The fourth-order valence-electron chi connectivity index (χ4n) is 3.70. The molecule has 0 saturated heterocycles. The number of anilines is 1. The lowest BCUT2D eigenvalue weighted by molar-refractivity contribution is -0.137. The Labute approximate surface area is 191 Å². The largest absolute Gasteiger partial charge is 0.505 e. The van der Waals surface area contributed by atoms with E-state index in [9.17, 15) is 24.6 Å². The first-order valence-electron chi connectivity index (χ1n) is 10.4. The van der Waals surface area contributed by atoms with Crippen LogP contribution in [-0.4, -0.2) is 26.8 Å². The highest BCUT2D eigenvalue weighted by Gasteiger charge is 2.21. The van der Waals surface area contributed by atoms with E-state index in [0.717, 1.165) is 22.3 Å². The number of carbonyl (C=O) groups is 2. The molecule has 3 rings (SSSR count). The van der Waals surface area contributed by atoms with Crippen molar-refractivity contribution in [3.63, 3.8) is 0 Å². The van der Waals surface area contributed by atoms with Gasteiger partial charge in [0.1, 0.15) is 5.75 Å². The van der Waals surface area contributed by atoms with Gasteiger partial charge in [0, 0.05) is 18.8 Å². The molecule has 1 aromatic heterocycles. The molecule has 0 aliphatic carbocycles. The first-order chi connectivity index (χ1) is 15.6. The minimum atomic E-state index is -1.09. The van der Waals surface area contributed by atoms with Crippen molar-refractivity contribution in [3.05, 3.63) is 81.3 Å². The molecule has 33 heavy (non-hydrogen) atoms. The Morgan fingerprint density at radius 1 is 1.06 bits per heavy atom. The van der Waals surface area contributed by atoms with Crippen LogP contribution in [0.4, 0.5) is 10.5 Å². The lowest BCUT2D eigenvalue weighted by Gasteiger charge is -2.20. The van der Waals surface area contributed by atoms with Crippen LogP contribution >= 0.6 is 0 Å². The Morgan fingerprint density at radius 3 is 2.48 bits per heavy atom. The third-order valence-electron chi connectivity index (χ3n) is 5.45. The number of hydrogen-bond donors (Lipinski definition) is 4. The fraction of sp³-hybridized carbons (Fsp3) is 0.240. The van der Waals surface area contributed by atoms with Crippen molar-refractivity contribution in [1.82, 2.24) is 9.88 Å². The quantitative estimate of drug-likeness (QED) is 0.453. The van der Waals surface area contributed by atoms with Crippen LogP contribution in [0.2, 0.25) is 0 Å². The number of carboxylic acids is 1. The molecule has 0 aliphatic heterocycles. The number of aryl methyl sites for hydroxylation is 4. The molecular weight excluding hydrogens is 422 g/mol. The smallest absolute Gasteiger partial charge is 0.319 e. The Morgan fingerprint density at radius 2 is 1.79 bits per heavy atom. The van der Waals surface area contributed by atoms with E-state index in [0.29, 0.717) is 11.1 Å². The third kappa shape index (κ3) is 5.41. The van der Waals surface area contributed by atoms with Gasteiger partial charge in [-0.25, -0.2) is 4.79 Å². The molecule has 4 N–H and O–H groups in total. The van der Waals surface area contributed by atoms with Gasteiger partial charge in [-0.1, -0.05) is 42.0 Å². The van der Waals surface area contributed by atoms with Crippen molar-refractivity contribution < 1.29 is 19.8 Å². The van der Waals surface area contributed by atoms with Gasteiger partial charge in [0.25, 0.3) is 5.56 Å². The summed E-state index contributed by atoms with van der Waals surface area (Å²) < 4.78 is 1.24. The van der Waals surface area contributed by atoms with Crippen LogP contribution in [0.1, 0.15) is 34.7 Å². The highest BCUT2D eigenvalue weighted by Crippen LogP contribution is 2.28. The van der Waals surface area contributed by atoms with Gasteiger partial charge in [0.15, 0.2) is 5.69 Å². The molecule has 0 unspecified atom stereocenters. The van der Waals surface area contributed by atoms with Crippen molar-refractivity contribution in [2.75, 3.05) is 5.32 Å². The number of aliphatic carboxylic acids is 1. The van der Waals surface area contributed by atoms with E-state index in [1.165, 1.54) is 17.8 Å². The van der Waals surface area contributed by atoms with E-state index in [4.69, 9.17) is 0 Å². The van der Waals surface area contributed by atoms with E-state index in [-0.39, 0.29) is 17.9 Å². The number of hydrogen-bond acceptors (Lipinski definition) is 4. The van der Waals surface area contributed by atoms with Crippen molar-refractivity contribution in [1.29, 1.82) is 0 Å². The van der Waals surface area contributed by atoms with Crippen molar-refractivity contribution in [3.8, 4) is 16.9 Å². The number of carboxylic acid groups (broad SMARTS) is 1. The molecule has 8 heteroatoms. The molecule has 0 radical (unpaired) electrons. The van der Waals surface area contributed by atoms with Crippen molar-refractivity contribution in [2.45, 2.75) is 33.2 Å². The van der Waals surface area contributed by atoms with Gasteiger partial charge in [-0.3, -0.25) is 9.59 Å². The predicted molar refractivity (Wildman–Crippen MR) is 127 cm³/mol. The first kappa shape index (κ1) is 23.6. The normalized spacial score (nSPS) is 11.6. The van der Waals surface area contributed by atoms with Crippen LogP contribution in [0, 0.1) is 20.8 Å². The number of urea groups is 1. The molecule has 172 valence electrons. The SMILES string of the molecule is Cc1ccc(C)c(-c2cccc([C@H](CC(=O)O)NC(=O)Nc3c(O)c(C)cn(C)c3=O)c2)c1. The fourth-order valence-corrected chi connectivity index (χ4v) is 3.70. The summed E-state index contributed by atoms with van der Waals surface area (Å²) in [4.78, 5) is 36.5. The van der Waals surface area contributed by atoms with Crippen LogP contribution in [0.3, 0.4) is 0 Å². The van der Waals surface area contributed by atoms with Crippen LogP contribution in [0.15, 0.2) is 53.5 Å². The summed E-state index contributed by atoms with van der Waals surface area (Å²) in [7, 11) is 1.50. The molecular formula is C25H27N3O5. The van der Waals surface area contributed by atoms with Crippen LogP contribution < -0.4 is 16.2 Å². The average molecular weight is 450 g/mol. The predicted octanol–water partition coefficient (Wildman–Crippen LogP) is 4.02. The number of aromatic hydroxyl groups is 1. The standard InChI is InChI=1S/C25H27N3O5/c1-14-8-9-15(2)19(10-14)17-6-5-7-18(11-17)20(12-21(29)30)26-25(33)27-22-23(31)16(3)13-28(4)24(22)32/h5-11,13,20,31H,12H2,1-4H3,(H,29,30)(H2,26,27,33)/t20-/m0/s1. The molecule has 8 nitrogen and oxygen atoms in total. The highest BCUT2D eigenvalue weighted by molar-refractivity contribution is 5.91. The van der Waals surface area contributed by atoms with E-state index >= 15 is 0 Å². The van der Waals surface area contributed by atoms with E-state index in [1.807, 2.05) is 44.2 Å². The molecule has 0 aliphatic rings. The topological polar surface area (TPSA) is 121 Å². The Balaban J connectivity index is 1.91. The summed E-state index contributed by atoms with van der Waals surface area (Å²) in [5, 5.41) is 24.6. The van der Waals surface area contributed by atoms with Gasteiger partial charge in [0.05, 0.1) is 12.5 Å². The maximum Gasteiger partial charge on any atom is 0.319 e. The minimum Gasteiger partial charge on any atom is -0.505 e. The third-order valence-corrected chi connectivity index (χ3v) is 5.45. The number of aromatic nitrogens is 1. The minimum absolute atomic E-state index is 0.270. The number of pyridine rings is 1. The number of rotatable bonds is 6. The molecule has 1 atom stereocenters. The average Bonchev–Trinajstić information content (AvgIpc) is 2.76. The number of benzene rings is 2. The van der Waals surface area contributed by atoms with Crippen molar-refractivity contribution in [2.24, 2.45) is 7.05 Å². The van der Waals surface area contributed by atoms with Crippen LogP contribution in [-0.2, 0) is 11.8 Å². The number of amides is 2.